The van der Waals surface area contributed by atoms with Crippen LogP contribution in [0, 0.1) is 5.92 Å². The molecule has 0 radical (unpaired) electrons. The second-order valence-corrected chi connectivity index (χ2v) is 4.75. The lowest BCUT2D eigenvalue weighted by Gasteiger charge is -2.15. The third-order valence-electron chi connectivity index (χ3n) is 3.19. The van der Waals surface area contributed by atoms with E-state index in [-0.39, 0.29) is 0 Å². The Morgan fingerprint density at radius 1 is 1.37 bits per heavy atom. The van der Waals surface area contributed by atoms with E-state index in [4.69, 9.17) is 21.1 Å². The van der Waals surface area contributed by atoms with Crippen molar-refractivity contribution in [1.82, 2.24) is 10.3 Å². The van der Waals surface area contributed by atoms with E-state index in [1.54, 1.807) is 26.5 Å². The van der Waals surface area contributed by atoms with Gasteiger partial charge in [-0.05, 0) is 18.9 Å². The molecule has 0 bridgehead atoms. The van der Waals surface area contributed by atoms with Crippen LogP contribution in [0.1, 0.15) is 25.5 Å². The van der Waals surface area contributed by atoms with Crippen LogP contribution in [0.15, 0.2) is 12.3 Å². The summed E-state index contributed by atoms with van der Waals surface area (Å²) in [5.74, 6) is 2.72. The number of methoxy groups -OCH3 is 2. The maximum Gasteiger partial charge on any atom is 0.183 e. The Bertz CT molecular complexity index is 374. The molecule has 1 N–H and O–H groups in total. The molecule has 0 amide bonds. The van der Waals surface area contributed by atoms with Crippen molar-refractivity contribution in [3.05, 3.63) is 18.0 Å². The minimum atomic E-state index is 0.606. The van der Waals surface area contributed by atoms with Gasteiger partial charge in [-0.1, -0.05) is 13.3 Å². The molecule has 0 aliphatic carbocycles. The van der Waals surface area contributed by atoms with Crippen molar-refractivity contribution in [1.29, 1.82) is 0 Å². The summed E-state index contributed by atoms with van der Waals surface area (Å²) in [6, 6.07) is 1.80. The average molecular weight is 287 g/mol. The zero-order chi connectivity index (χ0) is 14.1. The van der Waals surface area contributed by atoms with Gasteiger partial charge in [0.15, 0.2) is 11.5 Å². The number of hydrogen-bond acceptors (Lipinski definition) is 4. The van der Waals surface area contributed by atoms with Crippen LogP contribution in [-0.2, 0) is 6.54 Å². The third kappa shape index (κ3) is 4.88. The van der Waals surface area contributed by atoms with Crippen LogP contribution in [0.4, 0.5) is 0 Å². The Morgan fingerprint density at radius 2 is 2.16 bits per heavy atom. The molecule has 0 spiro atoms. The molecule has 4 nitrogen and oxygen atoms in total. The van der Waals surface area contributed by atoms with Crippen molar-refractivity contribution in [3.8, 4) is 11.5 Å². The van der Waals surface area contributed by atoms with Gasteiger partial charge in [-0.2, -0.15) is 0 Å². The van der Waals surface area contributed by atoms with Gasteiger partial charge in [0.05, 0.1) is 19.9 Å². The van der Waals surface area contributed by atoms with Crippen molar-refractivity contribution < 1.29 is 9.47 Å². The number of nitrogens with one attached hydrogen (secondary N) is 1. The topological polar surface area (TPSA) is 43.4 Å². The number of hydrogen-bond donors (Lipinski definition) is 1. The first-order chi connectivity index (χ1) is 9.26. The van der Waals surface area contributed by atoms with Crippen molar-refractivity contribution >= 4 is 11.6 Å². The van der Waals surface area contributed by atoms with Crippen LogP contribution in [0.25, 0.3) is 0 Å². The second-order valence-electron chi connectivity index (χ2n) is 4.38. The van der Waals surface area contributed by atoms with Crippen molar-refractivity contribution in [2.75, 3.05) is 26.6 Å². The molecule has 108 valence electrons. The van der Waals surface area contributed by atoms with Gasteiger partial charge < -0.3 is 14.8 Å². The quantitative estimate of drug-likeness (QED) is 0.709. The van der Waals surface area contributed by atoms with Crippen molar-refractivity contribution in [3.63, 3.8) is 0 Å². The lowest BCUT2D eigenvalue weighted by atomic mass is 10.0. The molecule has 5 heteroatoms. The van der Waals surface area contributed by atoms with E-state index in [9.17, 15) is 0 Å². The molecule has 0 saturated carbocycles. The minimum Gasteiger partial charge on any atom is -0.493 e. The number of nitrogens with zero attached hydrogens (tertiary/aromatic N) is 1. The Morgan fingerprint density at radius 3 is 2.74 bits per heavy atom. The molecule has 0 aliphatic heterocycles. The van der Waals surface area contributed by atoms with Crippen LogP contribution in [0.5, 0.6) is 11.5 Å². The second kappa shape index (κ2) is 8.99. The molecule has 1 unspecified atom stereocenters. The highest BCUT2D eigenvalue weighted by Crippen LogP contribution is 2.28. The van der Waals surface area contributed by atoms with Gasteiger partial charge in [0.1, 0.15) is 0 Å². The van der Waals surface area contributed by atoms with Crippen LogP contribution in [0.3, 0.4) is 0 Å². The normalized spacial score (nSPS) is 12.2. The molecule has 0 fully saturated rings. The Balaban J connectivity index is 2.57. The van der Waals surface area contributed by atoms with E-state index in [0.29, 0.717) is 29.8 Å². The molecule has 1 atom stereocenters. The Kier molecular flexibility index (Phi) is 7.60. The van der Waals surface area contributed by atoms with Crippen LogP contribution >= 0.6 is 11.6 Å². The van der Waals surface area contributed by atoms with Gasteiger partial charge in [-0.25, -0.2) is 0 Å². The molecule has 1 aromatic heterocycles. The number of ether oxygens (including phenoxy) is 2. The number of aromatic nitrogens is 1. The molecular weight excluding hydrogens is 264 g/mol. The first-order valence-corrected chi connectivity index (χ1v) is 7.12. The summed E-state index contributed by atoms with van der Waals surface area (Å²) >= 11 is 5.78. The number of halogens is 1. The van der Waals surface area contributed by atoms with Crippen LogP contribution < -0.4 is 14.8 Å². The van der Waals surface area contributed by atoms with Crippen LogP contribution in [0.2, 0.25) is 0 Å². The van der Waals surface area contributed by atoms with Gasteiger partial charge >= 0.3 is 0 Å². The molecule has 1 rings (SSSR count). The van der Waals surface area contributed by atoms with E-state index in [0.717, 1.165) is 25.1 Å². The van der Waals surface area contributed by atoms with E-state index in [2.05, 4.69) is 17.2 Å². The Labute approximate surface area is 120 Å². The summed E-state index contributed by atoms with van der Waals surface area (Å²) in [6.07, 6.45) is 3.89. The highest BCUT2D eigenvalue weighted by molar-refractivity contribution is 6.17. The van der Waals surface area contributed by atoms with Gasteiger partial charge in [-0.15, -0.1) is 11.6 Å². The Hall–Kier alpha value is -1.00. The first kappa shape index (κ1) is 16.1. The summed E-state index contributed by atoms with van der Waals surface area (Å²) in [5, 5.41) is 3.41. The fraction of sp³-hybridized carbons (Fsp3) is 0.643. The highest BCUT2D eigenvalue weighted by atomic mass is 35.5. The molecule has 0 saturated heterocycles. The standard InChI is InChI=1S/C14H23ClN2O2/c1-4-11(5-7-15)9-16-10-12-14(19-3)13(18-2)6-8-17-12/h6,8,11,16H,4-5,7,9-10H2,1-3H3. The predicted molar refractivity (Wildman–Crippen MR) is 78.2 cm³/mol. The molecule has 1 aromatic rings. The van der Waals surface area contributed by atoms with Gasteiger partial charge in [0.25, 0.3) is 0 Å². The first-order valence-electron chi connectivity index (χ1n) is 6.59. The summed E-state index contributed by atoms with van der Waals surface area (Å²) in [5.41, 5.74) is 0.863. The van der Waals surface area contributed by atoms with E-state index in [1.165, 1.54) is 0 Å². The molecule has 0 aromatic carbocycles. The SMILES string of the molecule is CCC(CCCl)CNCc1nccc(OC)c1OC. The van der Waals surface area contributed by atoms with Crippen molar-refractivity contribution in [2.45, 2.75) is 26.3 Å². The monoisotopic (exact) mass is 286 g/mol. The van der Waals surface area contributed by atoms with Gasteiger partial charge in [0, 0.05) is 24.7 Å². The number of pyridine rings is 1. The molecule has 0 aliphatic rings. The third-order valence-corrected chi connectivity index (χ3v) is 3.40. The zero-order valence-electron chi connectivity index (χ0n) is 11.9. The lowest BCUT2D eigenvalue weighted by molar-refractivity contribution is 0.347. The zero-order valence-corrected chi connectivity index (χ0v) is 12.7. The van der Waals surface area contributed by atoms with E-state index >= 15 is 0 Å². The summed E-state index contributed by atoms with van der Waals surface area (Å²) in [6.45, 7) is 3.79. The number of rotatable bonds is 9. The predicted octanol–water partition coefficient (Wildman–Crippen LogP) is 2.84. The summed E-state index contributed by atoms with van der Waals surface area (Å²) in [7, 11) is 3.26. The maximum atomic E-state index is 5.78. The van der Waals surface area contributed by atoms with Crippen LogP contribution in [-0.4, -0.2) is 31.6 Å². The van der Waals surface area contributed by atoms with Crippen molar-refractivity contribution in [2.24, 2.45) is 5.92 Å². The summed E-state index contributed by atoms with van der Waals surface area (Å²) < 4.78 is 10.6. The largest absolute Gasteiger partial charge is 0.493 e. The lowest BCUT2D eigenvalue weighted by Crippen LogP contribution is -2.23. The fourth-order valence-corrected chi connectivity index (χ4v) is 2.28. The van der Waals surface area contributed by atoms with Gasteiger partial charge in [0.2, 0.25) is 0 Å². The molecular formula is C14H23ClN2O2. The van der Waals surface area contributed by atoms with Gasteiger partial charge in [-0.3, -0.25) is 4.98 Å². The van der Waals surface area contributed by atoms with E-state index in [1.807, 2.05) is 0 Å². The highest BCUT2D eigenvalue weighted by Gasteiger charge is 2.11. The maximum absolute atomic E-state index is 5.78. The fourth-order valence-electron chi connectivity index (χ4n) is 1.98. The molecule has 19 heavy (non-hydrogen) atoms. The average Bonchev–Trinajstić information content (AvgIpc) is 2.45. The molecule has 1 heterocycles. The number of alkyl halides is 1. The summed E-state index contributed by atoms with van der Waals surface area (Å²) in [4.78, 5) is 4.33. The smallest absolute Gasteiger partial charge is 0.183 e. The van der Waals surface area contributed by atoms with E-state index < -0.39 is 0 Å². The minimum absolute atomic E-state index is 0.606.